The predicted molar refractivity (Wildman–Crippen MR) is 78.9 cm³/mol. The number of aryl methyl sites for hydroxylation is 1. The average Bonchev–Trinajstić information content (AvgIpc) is 2.43. The number of methoxy groups -OCH3 is 1. The maximum Gasteiger partial charge on any atom is 0.257 e. The SMILES string of the molecule is CNCc1cc(C)ccc1OCC(=O)NCCCOC. The minimum absolute atomic E-state index is 0.0345. The molecule has 1 aromatic carbocycles. The molecule has 5 heteroatoms. The van der Waals surface area contributed by atoms with Crippen molar-refractivity contribution >= 4 is 5.91 Å². The van der Waals surface area contributed by atoms with E-state index in [1.54, 1.807) is 7.11 Å². The molecule has 1 amide bonds. The molecule has 0 aromatic heterocycles. The number of amides is 1. The highest BCUT2D eigenvalue weighted by atomic mass is 16.5. The molecule has 0 spiro atoms. The molecule has 0 aliphatic heterocycles. The molecule has 0 atom stereocenters. The summed E-state index contributed by atoms with van der Waals surface area (Å²) in [4.78, 5) is 11.6. The highest BCUT2D eigenvalue weighted by molar-refractivity contribution is 5.77. The molecule has 2 N–H and O–H groups in total. The lowest BCUT2D eigenvalue weighted by Gasteiger charge is -2.12. The van der Waals surface area contributed by atoms with E-state index in [0.29, 0.717) is 19.7 Å². The molecule has 0 radical (unpaired) electrons. The molecular formula is C15H24N2O3. The molecule has 0 aliphatic carbocycles. The second-order valence-electron chi connectivity index (χ2n) is 4.63. The molecule has 1 aromatic rings. The van der Waals surface area contributed by atoms with E-state index in [0.717, 1.165) is 17.7 Å². The molecule has 0 bridgehead atoms. The summed E-state index contributed by atoms with van der Waals surface area (Å²) in [6, 6.07) is 5.94. The van der Waals surface area contributed by atoms with Crippen LogP contribution in [-0.2, 0) is 16.1 Å². The van der Waals surface area contributed by atoms with Gasteiger partial charge in [-0.05, 0) is 26.5 Å². The molecule has 5 nitrogen and oxygen atoms in total. The van der Waals surface area contributed by atoms with Gasteiger partial charge >= 0.3 is 0 Å². The van der Waals surface area contributed by atoms with Gasteiger partial charge in [0.05, 0.1) is 0 Å². The lowest BCUT2D eigenvalue weighted by Crippen LogP contribution is -2.30. The maximum atomic E-state index is 11.6. The largest absolute Gasteiger partial charge is 0.483 e. The molecule has 0 aliphatic rings. The fraction of sp³-hybridized carbons (Fsp3) is 0.533. The second-order valence-corrected chi connectivity index (χ2v) is 4.63. The quantitative estimate of drug-likeness (QED) is 0.668. The highest BCUT2D eigenvalue weighted by Gasteiger charge is 2.06. The Balaban J connectivity index is 2.42. The van der Waals surface area contributed by atoms with Crippen LogP contribution in [0.4, 0.5) is 0 Å². The summed E-state index contributed by atoms with van der Waals surface area (Å²) in [6.45, 7) is 4.03. The van der Waals surface area contributed by atoms with Crippen LogP contribution in [0.3, 0.4) is 0 Å². The van der Waals surface area contributed by atoms with Crippen molar-refractivity contribution in [1.29, 1.82) is 0 Å². The van der Waals surface area contributed by atoms with Gasteiger partial charge in [0.25, 0.3) is 5.91 Å². The van der Waals surface area contributed by atoms with Gasteiger partial charge in [-0.2, -0.15) is 0 Å². The van der Waals surface area contributed by atoms with Gasteiger partial charge in [0, 0.05) is 32.4 Å². The van der Waals surface area contributed by atoms with Gasteiger partial charge in [-0.15, -0.1) is 0 Å². The van der Waals surface area contributed by atoms with Crippen LogP contribution in [0.2, 0.25) is 0 Å². The molecule has 0 heterocycles. The zero-order chi connectivity index (χ0) is 14.8. The molecule has 1 rings (SSSR count). The van der Waals surface area contributed by atoms with E-state index in [-0.39, 0.29) is 12.5 Å². The first-order chi connectivity index (χ1) is 9.67. The summed E-state index contributed by atoms with van der Waals surface area (Å²) in [5, 5.41) is 5.88. The van der Waals surface area contributed by atoms with Crippen LogP contribution in [0.1, 0.15) is 17.5 Å². The number of nitrogens with one attached hydrogen (secondary N) is 2. The van der Waals surface area contributed by atoms with E-state index in [1.165, 1.54) is 5.56 Å². The van der Waals surface area contributed by atoms with Crippen LogP contribution in [0.15, 0.2) is 18.2 Å². The third kappa shape index (κ3) is 6.04. The van der Waals surface area contributed by atoms with Crippen molar-refractivity contribution in [3.8, 4) is 5.75 Å². The zero-order valence-corrected chi connectivity index (χ0v) is 12.5. The smallest absolute Gasteiger partial charge is 0.257 e. The Morgan fingerprint density at radius 1 is 1.35 bits per heavy atom. The fourth-order valence-corrected chi connectivity index (χ4v) is 1.82. The first-order valence-corrected chi connectivity index (χ1v) is 6.80. The van der Waals surface area contributed by atoms with E-state index in [2.05, 4.69) is 16.7 Å². The van der Waals surface area contributed by atoms with Crippen molar-refractivity contribution in [1.82, 2.24) is 10.6 Å². The van der Waals surface area contributed by atoms with Gasteiger partial charge in [-0.25, -0.2) is 0 Å². The van der Waals surface area contributed by atoms with Gasteiger partial charge in [-0.3, -0.25) is 4.79 Å². The molecule has 0 unspecified atom stereocenters. The van der Waals surface area contributed by atoms with Crippen LogP contribution in [0.25, 0.3) is 0 Å². The van der Waals surface area contributed by atoms with Gasteiger partial charge < -0.3 is 20.1 Å². The van der Waals surface area contributed by atoms with Gasteiger partial charge in [0.2, 0.25) is 0 Å². The summed E-state index contributed by atoms with van der Waals surface area (Å²) >= 11 is 0. The third-order valence-electron chi connectivity index (χ3n) is 2.79. The minimum atomic E-state index is -0.114. The van der Waals surface area contributed by atoms with Crippen molar-refractivity contribution in [2.24, 2.45) is 0 Å². The molecule has 112 valence electrons. The van der Waals surface area contributed by atoms with E-state index >= 15 is 0 Å². The Morgan fingerprint density at radius 2 is 2.15 bits per heavy atom. The van der Waals surface area contributed by atoms with Crippen LogP contribution < -0.4 is 15.4 Å². The summed E-state index contributed by atoms with van der Waals surface area (Å²) in [5.74, 6) is 0.633. The lowest BCUT2D eigenvalue weighted by atomic mass is 10.1. The van der Waals surface area contributed by atoms with Crippen molar-refractivity contribution in [2.75, 3.05) is 33.9 Å². The first-order valence-electron chi connectivity index (χ1n) is 6.80. The fourth-order valence-electron chi connectivity index (χ4n) is 1.82. The van der Waals surface area contributed by atoms with Gasteiger partial charge in [-0.1, -0.05) is 17.7 Å². The van der Waals surface area contributed by atoms with Gasteiger partial charge in [0.1, 0.15) is 5.75 Å². The van der Waals surface area contributed by atoms with Crippen LogP contribution >= 0.6 is 0 Å². The Labute approximate surface area is 120 Å². The lowest BCUT2D eigenvalue weighted by molar-refractivity contribution is -0.123. The summed E-state index contributed by atoms with van der Waals surface area (Å²) in [5.41, 5.74) is 2.23. The number of rotatable bonds is 9. The van der Waals surface area contributed by atoms with Crippen molar-refractivity contribution in [2.45, 2.75) is 19.9 Å². The van der Waals surface area contributed by atoms with Gasteiger partial charge in [0.15, 0.2) is 6.61 Å². The van der Waals surface area contributed by atoms with Crippen LogP contribution in [0.5, 0.6) is 5.75 Å². The highest BCUT2D eigenvalue weighted by Crippen LogP contribution is 2.19. The van der Waals surface area contributed by atoms with Crippen molar-refractivity contribution in [3.63, 3.8) is 0 Å². The molecule has 0 saturated heterocycles. The monoisotopic (exact) mass is 280 g/mol. The second kappa shape index (κ2) is 9.34. The Kier molecular flexibility index (Phi) is 7.69. The van der Waals surface area contributed by atoms with Crippen LogP contribution in [0, 0.1) is 6.92 Å². The molecular weight excluding hydrogens is 256 g/mol. The number of carbonyl (C=O) groups excluding carboxylic acids is 1. The number of carbonyl (C=O) groups is 1. The van der Waals surface area contributed by atoms with E-state index in [1.807, 2.05) is 26.1 Å². The number of hydrogen-bond donors (Lipinski definition) is 2. The normalized spacial score (nSPS) is 10.3. The van der Waals surface area contributed by atoms with E-state index in [9.17, 15) is 4.79 Å². The Bertz CT molecular complexity index is 422. The van der Waals surface area contributed by atoms with Crippen molar-refractivity contribution in [3.05, 3.63) is 29.3 Å². The summed E-state index contributed by atoms with van der Waals surface area (Å²) in [7, 11) is 3.53. The molecule has 0 saturated carbocycles. The zero-order valence-electron chi connectivity index (χ0n) is 12.5. The topological polar surface area (TPSA) is 59.6 Å². The van der Waals surface area contributed by atoms with E-state index in [4.69, 9.17) is 9.47 Å². The summed E-state index contributed by atoms with van der Waals surface area (Å²) in [6.07, 6.45) is 0.803. The minimum Gasteiger partial charge on any atom is -0.483 e. The van der Waals surface area contributed by atoms with Crippen molar-refractivity contribution < 1.29 is 14.3 Å². The maximum absolute atomic E-state index is 11.6. The molecule has 20 heavy (non-hydrogen) atoms. The average molecular weight is 280 g/mol. The number of hydrogen-bond acceptors (Lipinski definition) is 4. The standard InChI is InChI=1S/C15H24N2O3/c1-12-5-6-14(13(9-12)10-16-2)20-11-15(18)17-7-4-8-19-3/h5-6,9,16H,4,7-8,10-11H2,1-3H3,(H,17,18). The third-order valence-corrected chi connectivity index (χ3v) is 2.79. The van der Waals surface area contributed by atoms with E-state index < -0.39 is 0 Å². The van der Waals surface area contributed by atoms with Crippen LogP contribution in [-0.4, -0.2) is 39.8 Å². The Hall–Kier alpha value is -1.59. The molecule has 0 fully saturated rings. The summed E-state index contributed by atoms with van der Waals surface area (Å²) < 4.78 is 10.5. The first kappa shape index (κ1) is 16.5. The Morgan fingerprint density at radius 3 is 2.85 bits per heavy atom. The predicted octanol–water partition coefficient (Wildman–Crippen LogP) is 1.25. The number of ether oxygens (including phenoxy) is 2. The number of benzene rings is 1.